The SMILES string of the molecule is Cc1ccc(NC(=O)Nc2ccc(Cl)cc2C)cc1Br. The van der Waals surface area contributed by atoms with Crippen LogP contribution >= 0.6 is 27.5 Å². The molecule has 0 aliphatic carbocycles. The number of aryl methyl sites for hydroxylation is 2. The van der Waals surface area contributed by atoms with Crippen molar-refractivity contribution in [2.75, 3.05) is 10.6 Å². The summed E-state index contributed by atoms with van der Waals surface area (Å²) in [6, 6.07) is 10.7. The number of hydrogen-bond acceptors (Lipinski definition) is 1. The third kappa shape index (κ3) is 3.74. The van der Waals surface area contributed by atoms with Gasteiger partial charge in [0.15, 0.2) is 0 Å². The van der Waals surface area contributed by atoms with Crippen molar-refractivity contribution in [2.45, 2.75) is 13.8 Å². The quantitative estimate of drug-likeness (QED) is 0.749. The van der Waals surface area contributed by atoms with Gasteiger partial charge in [0.05, 0.1) is 0 Å². The molecular formula is C15H14BrClN2O. The lowest BCUT2D eigenvalue weighted by Crippen LogP contribution is -2.19. The lowest BCUT2D eigenvalue weighted by atomic mass is 10.2. The molecule has 2 rings (SSSR count). The van der Waals surface area contributed by atoms with E-state index in [1.807, 2.05) is 32.0 Å². The number of carbonyl (C=O) groups excluding carboxylic acids is 1. The highest BCUT2D eigenvalue weighted by molar-refractivity contribution is 9.10. The Balaban J connectivity index is 2.07. The van der Waals surface area contributed by atoms with Crippen molar-refractivity contribution < 1.29 is 4.79 Å². The summed E-state index contributed by atoms with van der Waals surface area (Å²) in [6.45, 7) is 3.88. The van der Waals surface area contributed by atoms with Crippen LogP contribution in [-0.4, -0.2) is 6.03 Å². The average molecular weight is 354 g/mol. The molecule has 0 unspecified atom stereocenters. The zero-order valence-corrected chi connectivity index (χ0v) is 13.5. The highest BCUT2D eigenvalue weighted by atomic mass is 79.9. The fourth-order valence-corrected chi connectivity index (χ4v) is 2.33. The van der Waals surface area contributed by atoms with E-state index in [9.17, 15) is 4.79 Å². The normalized spacial score (nSPS) is 10.2. The van der Waals surface area contributed by atoms with E-state index in [0.717, 1.165) is 27.0 Å². The van der Waals surface area contributed by atoms with Crippen LogP contribution < -0.4 is 10.6 Å². The number of amides is 2. The molecular weight excluding hydrogens is 340 g/mol. The number of halogens is 2. The summed E-state index contributed by atoms with van der Waals surface area (Å²) >= 11 is 9.32. The predicted molar refractivity (Wildman–Crippen MR) is 87.7 cm³/mol. The third-order valence-corrected chi connectivity index (χ3v) is 3.96. The summed E-state index contributed by atoms with van der Waals surface area (Å²) in [6.07, 6.45) is 0. The molecule has 0 aliphatic heterocycles. The Hall–Kier alpha value is -1.52. The number of hydrogen-bond donors (Lipinski definition) is 2. The van der Waals surface area contributed by atoms with Gasteiger partial charge in [-0.05, 0) is 55.3 Å². The first-order chi connectivity index (χ1) is 9.45. The minimum absolute atomic E-state index is 0.286. The second-order valence-electron chi connectivity index (χ2n) is 4.50. The van der Waals surface area contributed by atoms with Gasteiger partial charge in [-0.3, -0.25) is 0 Å². The summed E-state index contributed by atoms with van der Waals surface area (Å²) in [4.78, 5) is 11.9. The smallest absolute Gasteiger partial charge is 0.308 e. The van der Waals surface area contributed by atoms with E-state index < -0.39 is 0 Å². The molecule has 0 aromatic heterocycles. The van der Waals surface area contributed by atoms with E-state index in [1.165, 1.54) is 0 Å². The molecule has 0 aliphatic rings. The van der Waals surface area contributed by atoms with Crippen LogP contribution in [0.1, 0.15) is 11.1 Å². The lowest BCUT2D eigenvalue weighted by Gasteiger charge is -2.11. The molecule has 5 heteroatoms. The van der Waals surface area contributed by atoms with Crippen LogP contribution in [0.25, 0.3) is 0 Å². The number of rotatable bonds is 2. The van der Waals surface area contributed by atoms with Crippen molar-refractivity contribution >= 4 is 44.9 Å². The Morgan fingerprint density at radius 3 is 2.45 bits per heavy atom. The van der Waals surface area contributed by atoms with Gasteiger partial charge in [0.1, 0.15) is 0 Å². The van der Waals surface area contributed by atoms with E-state index in [-0.39, 0.29) is 6.03 Å². The Labute approximate surface area is 131 Å². The standard InChI is InChI=1S/C15H14BrClN2O/c1-9-3-5-12(8-13(9)16)18-15(20)19-14-6-4-11(17)7-10(14)2/h3-8H,1-2H3,(H2,18,19,20). The lowest BCUT2D eigenvalue weighted by molar-refractivity contribution is 0.262. The number of benzene rings is 2. The summed E-state index contributed by atoms with van der Waals surface area (Å²) < 4.78 is 0.956. The maximum atomic E-state index is 11.9. The van der Waals surface area contributed by atoms with Crippen LogP contribution in [-0.2, 0) is 0 Å². The van der Waals surface area contributed by atoms with E-state index >= 15 is 0 Å². The first-order valence-electron chi connectivity index (χ1n) is 6.06. The Bertz CT molecular complexity index is 658. The minimum Gasteiger partial charge on any atom is -0.308 e. The summed E-state index contributed by atoms with van der Waals surface area (Å²) in [5.41, 5.74) is 3.49. The van der Waals surface area contributed by atoms with Crippen molar-refractivity contribution in [1.82, 2.24) is 0 Å². The Morgan fingerprint density at radius 1 is 1.05 bits per heavy atom. The predicted octanol–water partition coefficient (Wildman–Crippen LogP) is 5.36. The van der Waals surface area contributed by atoms with E-state index in [0.29, 0.717) is 5.02 Å². The van der Waals surface area contributed by atoms with Crippen LogP contribution in [0.2, 0.25) is 5.02 Å². The van der Waals surface area contributed by atoms with Crippen molar-refractivity contribution in [3.8, 4) is 0 Å². The van der Waals surface area contributed by atoms with Crippen molar-refractivity contribution in [3.63, 3.8) is 0 Å². The first kappa shape index (κ1) is 14.9. The van der Waals surface area contributed by atoms with Gasteiger partial charge >= 0.3 is 6.03 Å². The van der Waals surface area contributed by atoms with Crippen molar-refractivity contribution in [3.05, 3.63) is 57.0 Å². The second kappa shape index (κ2) is 6.29. The first-order valence-corrected chi connectivity index (χ1v) is 7.23. The average Bonchev–Trinajstić information content (AvgIpc) is 2.37. The molecule has 3 nitrogen and oxygen atoms in total. The number of anilines is 2. The molecule has 0 atom stereocenters. The molecule has 2 N–H and O–H groups in total. The van der Waals surface area contributed by atoms with Crippen LogP contribution in [0.15, 0.2) is 40.9 Å². The molecule has 0 fully saturated rings. The summed E-state index contributed by atoms with van der Waals surface area (Å²) in [5.74, 6) is 0. The molecule has 2 aromatic carbocycles. The largest absolute Gasteiger partial charge is 0.323 e. The molecule has 20 heavy (non-hydrogen) atoms. The zero-order chi connectivity index (χ0) is 14.7. The fraction of sp³-hybridized carbons (Fsp3) is 0.133. The number of urea groups is 1. The van der Waals surface area contributed by atoms with Crippen LogP contribution in [0.5, 0.6) is 0 Å². The summed E-state index contributed by atoms with van der Waals surface area (Å²) in [5, 5.41) is 6.23. The molecule has 0 saturated carbocycles. The van der Waals surface area contributed by atoms with Gasteiger partial charge in [-0.2, -0.15) is 0 Å². The van der Waals surface area contributed by atoms with Gasteiger partial charge in [-0.1, -0.05) is 33.6 Å². The van der Waals surface area contributed by atoms with Crippen molar-refractivity contribution in [1.29, 1.82) is 0 Å². The van der Waals surface area contributed by atoms with Gasteiger partial charge < -0.3 is 10.6 Å². The monoisotopic (exact) mass is 352 g/mol. The van der Waals surface area contributed by atoms with E-state index in [2.05, 4.69) is 26.6 Å². The van der Waals surface area contributed by atoms with Crippen LogP contribution in [0.4, 0.5) is 16.2 Å². The fourth-order valence-electron chi connectivity index (χ4n) is 1.72. The van der Waals surface area contributed by atoms with Gasteiger partial charge in [-0.25, -0.2) is 4.79 Å². The number of nitrogens with one attached hydrogen (secondary N) is 2. The second-order valence-corrected chi connectivity index (χ2v) is 5.79. The van der Waals surface area contributed by atoms with Crippen molar-refractivity contribution in [2.24, 2.45) is 0 Å². The highest BCUT2D eigenvalue weighted by Crippen LogP contribution is 2.22. The van der Waals surface area contributed by atoms with Crippen LogP contribution in [0, 0.1) is 13.8 Å². The maximum Gasteiger partial charge on any atom is 0.323 e. The van der Waals surface area contributed by atoms with E-state index in [4.69, 9.17) is 11.6 Å². The molecule has 0 spiro atoms. The maximum absolute atomic E-state index is 11.9. The van der Waals surface area contributed by atoms with Gasteiger partial charge in [0.25, 0.3) is 0 Å². The third-order valence-electron chi connectivity index (χ3n) is 2.87. The zero-order valence-electron chi connectivity index (χ0n) is 11.1. The van der Waals surface area contributed by atoms with Gasteiger partial charge in [0.2, 0.25) is 0 Å². The molecule has 0 saturated heterocycles. The Kier molecular flexibility index (Phi) is 4.68. The molecule has 0 heterocycles. The molecule has 2 aromatic rings. The molecule has 0 radical (unpaired) electrons. The van der Waals surface area contributed by atoms with E-state index in [1.54, 1.807) is 18.2 Å². The van der Waals surface area contributed by atoms with Crippen LogP contribution in [0.3, 0.4) is 0 Å². The summed E-state index contributed by atoms with van der Waals surface area (Å²) in [7, 11) is 0. The van der Waals surface area contributed by atoms with Gasteiger partial charge in [0, 0.05) is 20.9 Å². The van der Waals surface area contributed by atoms with Gasteiger partial charge in [-0.15, -0.1) is 0 Å². The number of carbonyl (C=O) groups is 1. The highest BCUT2D eigenvalue weighted by Gasteiger charge is 2.06. The molecule has 104 valence electrons. The molecule has 0 bridgehead atoms. The Morgan fingerprint density at radius 2 is 1.80 bits per heavy atom. The topological polar surface area (TPSA) is 41.1 Å². The minimum atomic E-state index is -0.286. The molecule has 2 amide bonds.